The van der Waals surface area contributed by atoms with Crippen LogP contribution in [-0.4, -0.2) is 16.0 Å². The number of para-hydroxylation sites is 1. The van der Waals surface area contributed by atoms with Crippen LogP contribution in [0.4, 0.5) is 0 Å². The number of nitrogens with zero attached hydrogens (tertiary/aromatic N) is 2. The summed E-state index contributed by atoms with van der Waals surface area (Å²) in [7, 11) is 1.95. The van der Waals surface area contributed by atoms with Crippen molar-refractivity contribution in [2.45, 2.75) is 26.7 Å². The molecule has 3 aromatic rings. The van der Waals surface area contributed by atoms with Crippen molar-refractivity contribution < 1.29 is 9.94 Å². The maximum Gasteiger partial charge on any atom is 0.209 e. The van der Waals surface area contributed by atoms with Gasteiger partial charge in [0.2, 0.25) is 5.88 Å². The first-order chi connectivity index (χ1) is 11.5. The second kappa shape index (κ2) is 6.40. The van der Waals surface area contributed by atoms with Gasteiger partial charge in [0, 0.05) is 12.4 Å². The molecule has 3 rings (SSSR count). The number of hydrogen-bond donors (Lipinski definition) is 1. The summed E-state index contributed by atoms with van der Waals surface area (Å²) in [6.45, 7) is 6.40. The van der Waals surface area contributed by atoms with Gasteiger partial charge in [-0.3, -0.25) is 0 Å². The number of ether oxygens (including phenoxy) is 1. The molecule has 0 aliphatic carbocycles. The van der Waals surface area contributed by atoms with Gasteiger partial charge in [-0.25, -0.2) is 0 Å². The predicted octanol–water partition coefficient (Wildman–Crippen LogP) is 5.21. The van der Waals surface area contributed by atoms with Gasteiger partial charge in [0.1, 0.15) is 5.75 Å². The maximum atomic E-state index is 9.04. The fourth-order valence-corrected chi connectivity index (χ4v) is 2.99. The van der Waals surface area contributed by atoms with Gasteiger partial charge >= 0.3 is 0 Å². The molecule has 0 fully saturated rings. The van der Waals surface area contributed by atoms with Crippen LogP contribution in [0.3, 0.4) is 0 Å². The smallest absolute Gasteiger partial charge is 0.209 e. The van der Waals surface area contributed by atoms with Gasteiger partial charge in [-0.2, -0.15) is 0 Å². The highest BCUT2D eigenvalue weighted by atomic mass is 16.5. The monoisotopic (exact) mass is 322 g/mol. The number of aryl methyl sites for hydroxylation is 2. The van der Waals surface area contributed by atoms with Crippen molar-refractivity contribution in [3.63, 3.8) is 0 Å². The minimum atomic E-state index is 0.429. The molecule has 0 saturated carbocycles. The van der Waals surface area contributed by atoms with Crippen molar-refractivity contribution >= 4 is 17.1 Å². The van der Waals surface area contributed by atoms with Gasteiger partial charge < -0.3 is 14.5 Å². The average Bonchev–Trinajstić information content (AvgIpc) is 2.81. The summed E-state index contributed by atoms with van der Waals surface area (Å²) in [5, 5.41) is 13.3. The Balaban J connectivity index is 2.14. The summed E-state index contributed by atoms with van der Waals surface area (Å²) in [4.78, 5) is 0. The normalized spacial score (nSPS) is 11.7. The number of fused-ring (bicyclic) bond motifs is 1. The first-order valence-corrected chi connectivity index (χ1v) is 8.05. The molecule has 4 heteroatoms. The van der Waals surface area contributed by atoms with E-state index in [2.05, 4.69) is 38.1 Å². The molecule has 0 spiro atoms. The van der Waals surface area contributed by atoms with E-state index >= 15 is 0 Å². The lowest BCUT2D eigenvalue weighted by Gasteiger charge is -2.13. The van der Waals surface area contributed by atoms with E-state index in [9.17, 15) is 0 Å². The molecule has 0 aliphatic rings. The standard InChI is InChI=1S/C20H22N2O2/c1-13(2)15-9-14(3)10-16(11-15)24-20-18(12-21-23)17-7-5-6-8-19(17)22(20)4/h5-13,23H,1-4H3/b21-12+. The second-order valence-corrected chi connectivity index (χ2v) is 6.38. The van der Waals surface area contributed by atoms with Crippen LogP contribution in [0.1, 0.15) is 36.5 Å². The molecule has 0 bridgehead atoms. The zero-order valence-corrected chi connectivity index (χ0v) is 14.4. The Morgan fingerprint density at radius 2 is 1.92 bits per heavy atom. The van der Waals surface area contributed by atoms with E-state index < -0.39 is 0 Å². The van der Waals surface area contributed by atoms with E-state index in [4.69, 9.17) is 9.94 Å². The van der Waals surface area contributed by atoms with Gasteiger partial charge in [0.15, 0.2) is 0 Å². The second-order valence-electron chi connectivity index (χ2n) is 6.38. The molecule has 1 heterocycles. The van der Waals surface area contributed by atoms with Crippen molar-refractivity contribution in [3.05, 3.63) is 59.2 Å². The number of rotatable bonds is 4. The highest BCUT2D eigenvalue weighted by molar-refractivity contribution is 6.02. The zero-order chi connectivity index (χ0) is 17.3. The van der Waals surface area contributed by atoms with E-state index in [1.807, 2.05) is 41.9 Å². The third-order valence-electron chi connectivity index (χ3n) is 4.23. The number of aromatic nitrogens is 1. The van der Waals surface area contributed by atoms with Crippen LogP contribution >= 0.6 is 0 Å². The van der Waals surface area contributed by atoms with Crippen LogP contribution < -0.4 is 4.74 Å². The Bertz CT molecular complexity index is 907. The van der Waals surface area contributed by atoms with E-state index in [0.29, 0.717) is 11.8 Å². The third kappa shape index (κ3) is 2.87. The first kappa shape index (κ1) is 16.1. The fourth-order valence-electron chi connectivity index (χ4n) is 2.99. The van der Waals surface area contributed by atoms with E-state index in [0.717, 1.165) is 27.8 Å². The molecule has 2 aromatic carbocycles. The summed E-state index contributed by atoms with van der Waals surface area (Å²) in [5.41, 5.74) is 4.19. The Morgan fingerprint density at radius 3 is 2.62 bits per heavy atom. The first-order valence-electron chi connectivity index (χ1n) is 8.05. The minimum absolute atomic E-state index is 0.429. The van der Waals surface area contributed by atoms with Gasteiger partial charge in [-0.15, -0.1) is 0 Å². The molecule has 0 amide bonds. The van der Waals surface area contributed by atoms with Gasteiger partial charge in [0.25, 0.3) is 0 Å². The van der Waals surface area contributed by atoms with Crippen LogP contribution in [0.15, 0.2) is 47.6 Å². The van der Waals surface area contributed by atoms with Crippen LogP contribution in [0.5, 0.6) is 11.6 Å². The molecule has 1 N–H and O–H groups in total. The molecule has 0 radical (unpaired) electrons. The largest absolute Gasteiger partial charge is 0.440 e. The molecular weight excluding hydrogens is 300 g/mol. The molecule has 4 nitrogen and oxygen atoms in total. The molecular formula is C20H22N2O2. The quantitative estimate of drug-likeness (QED) is 0.407. The van der Waals surface area contributed by atoms with Crippen molar-refractivity contribution in [1.82, 2.24) is 4.57 Å². The Labute approximate surface area is 142 Å². The lowest BCUT2D eigenvalue weighted by molar-refractivity contribution is 0.321. The van der Waals surface area contributed by atoms with Crippen molar-refractivity contribution in [1.29, 1.82) is 0 Å². The van der Waals surface area contributed by atoms with Crippen LogP contribution in [0.2, 0.25) is 0 Å². The molecule has 0 unspecified atom stereocenters. The van der Waals surface area contributed by atoms with Crippen LogP contribution in [-0.2, 0) is 7.05 Å². The van der Waals surface area contributed by atoms with E-state index in [1.165, 1.54) is 11.8 Å². The highest BCUT2D eigenvalue weighted by Crippen LogP contribution is 2.34. The van der Waals surface area contributed by atoms with Crippen molar-refractivity contribution in [2.24, 2.45) is 12.2 Å². The summed E-state index contributed by atoms with van der Waals surface area (Å²) in [6.07, 6.45) is 1.43. The SMILES string of the molecule is Cc1cc(Oc2c(/C=N/O)c3ccccc3n2C)cc(C(C)C)c1. The lowest BCUT2D eigenvalue weighted by Crippen LogP contribution is -1.97. The summed E-state index contributed by atoms with van der Waals surface area (Å²) in [6, 6.07) is 14.2. The molecule has 0 aliphatic heterocycles. The van der Waals surface area contributed by atoms with Gasteiger partial charge in [-0.1, -0.05) is 43.3 Å². The number of oxime groups is 1. The summed E-state index contributed by atoms with van der Waals surface area (Å²) in [5.74, 6) is 1.88. The Morgan fingerprint density at radius 1 is 1.17 bits per heavy atom. The molecule has 24 heavy (non-hydrogen) atoms. The molecule has 0 saturated heterocycles. The van der Waals surface area contributed by atoms with Crippen LogP contribution in [0, 0.1) is 6.92 Å². The Hall–Kier alpha value is -2.75. The minimum Gasteiger partial charge on any atom is -0.440 e. The third-order valence-corrected chi connectivity index (χ3v) is 4.23. The number of benzene rings is 2. The molecule has 124 valence electrons. The Kier molecular flexibility index (Phi) is 4.30. The predicted molar refractivity (Wildman–Crippen MR) is 97.6 cm³/mol. The van der Waals surface area contributed by atoms with Gasteiger partial charge in [-0.05, 0) is 42.2 Å². The van der Waals surface area contributed by atoms with E-state index in [1.54, 1.807) is 0 Å². The maximum absolute atomic E-state index is 9.04. The number of hydrogen-bond acceptors (Lipinski definition) is 3. The van der Waals surface area contributed by atoms with Crippen LogP contribution in [0.25, 0.3) is 10.9 Å². The highest BCUT2D eigenvalue weighted by Gasteiger charge is 2.16. The zero-order valence-electron chi connectivity index (χ0n) is 14.4. The average molecular weight is 322 g/mol. The summed E-state index contributed by atoms with van der Waals surface area (Å²) >= 11 is 0. The van der Waals surface area contributed by atoms with Gasteiger partial charge in [0.05, 0.1) is 17.3 Å². The summed E-state index contributed by atoms with van der Waals surface area (Å²) < 4.78 is 8.19. The van der Waals surface area contributed by atoms with Crippen molar-refractivity contribution in [2.75, 3.05) is 0 Å². The lowest BCUT2D eigenvalue weighted by atomic mass is 10.0. The van der Waals surface area contributed by atoms with E-state index in [-0.39, 0.29) is 0 Å². The molecule has 1 aromatic heterocycles. The molecule has 0 atom stereocenters. The van der Waals surface area contributed by atoms with Crippen molar-refractivity contribution in [3.8, 4) is 11.6 Å². The topological polar surface area (TPSA) is 46.8 Å². The fraction of sp³-hybridized carbons (Fsp3) is 0.250.